The molecule has 0 bridgehead atoms. The third-order valence-electron chi connectivity index (χ3n) is 2.31. The Morgan fingerprint density at radius 3 is 2.50 bits per heavy atom. The van der Waals surface area contributed by atoms with E-state index in [1.54, 1.807) is 0 Å². The van der Waals surface area contributed by atoms with E-state index in [1.807, 2.05) is 6.08 Å². The van der Waals surface area contributed by atoms with Gasteiger partial charge >= 0.3 is 0 Å². The fraction of sp³-hybridized carbons (Fsp3) is 0.750. The Morgan fingerprint density at radius 2 is 2.07 bits per heavy atom. The van der Waals surface area contributed by atoms with E-state index < -0.39 is 10.2 Å². The Balaban J connectivity index is 2.32. The van der Waals surface area contributed by atoms with Crippen LogP contribution in [0, 0.1) is 0 Å². The summed E-state index contributed by atoms with van der Waals surface area (Å²) in [6.07, 6.45) is 3.47. The number of hydrogen-bond donors (Lipinski definition) is 2. The molecule has 0 aliphatic carbocycles. The number of piperidine rings is 1. The summed E-state index contributed by atoms with van der Waals surface area (Å²) < 4.78 is 23.9. The summed E-state index contributed by atoms with van der Waals surface area (Å²) in [7, 11) is -3.54. The highest BCUT2D eigenvalue weighted by Gasteiger charge is 2.20. The predicted octanol–water partition coefficient (Wildman–Crippen LogP) is -0.570. The fourth-order valence-corrected chi connectivity index (χ4v) is 2.35. The maximum atomic E-state index is 10.7. The lowest BCUT2D eigenvalue weighted by Gasteiger charge is -2.30. The lowest BCUT2D eigenvalue weighted by atomic mass is 10.1. The van der Waals surface area contributed by atoms with Crippen molar-refractivity contribution in [2.24, 2.45) is 5.14 Å². The van der Waals surface area contributed by atoms with Crippen LogP contribution in [0.3, 0.4) is 0 Å². The zero-order valence-electron chi connectivity index (χ0n) is 8.15. The minimum absolute atomic E-state index is 0.00827. The third kappa shape index (κ3) is 4.19. The minimum Gasteiger partial charge on any atom is -0.300 e. The Hall–Kier alpha value is -0.430. The van der Waals surface area contributed by atoms with Crippen LogP contribution in [0.5, 0.6) is 0 Å². The highest BCUT2D eigenvalue weighted by atomic mass is 32.2. The van der Waals surface area contributed by atoms with Crippen LogP contribution in [0.4, 0.5) is 0 Å². The number of hydrogen-bond acceptors (Lipinski definition) is 3. The van der Waals surface area contributed by atoms with E-state index >= 15 is 0 Å². The SMILES string of the molecule is C=CCN1CCC(NS(N)(=O)=O)CC1. The average Bonchev–Trinajstić information content (AvgIpc) is 2.06. The quantitative estimate of drug-likeness (QED) is 0.622. The van der Waals surface area contributed by atoms with Crippen molar-refractivity contribution in [3.63, 3.8) is 0 Å². The molecule has 1 aliphatic heterocycles. The van der Waals surface area contributed by atoms with Crippen LogP contribution in [0.2, 0.25) is 0 Å². The monoisotopic (exact) mass is 219 g/mol. The first kappa shape index (κ1) is 11.6. The summed E-state index contributed by atoms with van der Waals surface area (Å²) in [5, 5.41) is 4.89. The van der Waals surface area contributed by atoms with Gasteiger partial charge in [0, 0.05) is 12.6 Å². The zero-order chi connectivity index (χ0) is 10.6. The largest absolute Gasteiger partial charge is 0.300 e. The zero-order valence-corrected chi connectivity index (χ0v) is 8.96. The summed E-state index contributed by atoms with van der Waals surface area (Å²) in [6, 6.07) is -0.00827. The van der Waals surface area contributed by atoms with Crippen molar-refractivity contribution in [3.8, 4) is 0 Å². The van der Waals surface area contributed by atoms with Crippen molar-refractivity contribution in [2.45, 2.75) is 18.9 Å². The summed E-state index contributed by atoms with van der Waals surface area (Å²) in [5.74, 6) is 0. The van der Waals surface area contributed by atoms with Gasteiger partial charge in [0.1, 0.15) is 0 Å². The van der Waals surface area contributed by atoms with Crippen molar-refractivity contribution < 1.29 is 8.42 Å². The number of nitrogens with two attached hydrogens (primary N) is 1. The summed E-state index contributed by atoms with van der Waals surface area (Å²) >= 11 is 0. The van der Waals surface area contributed by atoms with Crippen molar-refractivity contribution in [1.29, 1.82) is 0 Å². The van der Waals surface area contributed by atoms with Gasteiger partial charge in [-0.2, -0.15) is 13.1 Å². The van der Waals surface area contributed by atoms with Crippen LogP contribution in [0.1, 0.15) is 12.8 Å². The van der Waals surface area contributed by atoms with Crippen molar-refractivity contribution in [1.82, 2.24) is 9.62 Å². The molecule has 0 atom stereocenters. The molecule has 0 amide bonds. The molecule has 1 fully saturated rings. The van der Waals surface area contributed by atoms with E-state index in [1.165, 1.54) is 0 Å². The molecule has 1 aliphatic rings. The van der Waals surface area contributed by atoms with Crippen molar-refractivity contribution in [3.05, 3.63) is 12.7 Å². The Bertz CT molecular complexity index is 281. The minimum atomic E-state index is -3.54. The molecule has 0 spiro atoms. The molecule has 1 heterocycles. The smallest absolute Gasteiger partial charge is 0.274 e. The van der Waals surface area contributed by atoms with Gasteiger partial charge in [-0.1, -0.05) is 6.08 Å². The van der Waals surface area contributed by atoms with E-state index in [4.69, 9.17) is 5.14 Å². The Kier molecular flexibility index (Phi) is 4.06. The molecule has 3 N–H and O–H groups in total. The maximum absolute atomic E-state index is 10.7. The Morgan fingerprint density at radius 1 is 1.50 bits per heavy atom. The molecule has 5 nitrogen and oxygen atoms in total. The number of likely N-dealkylation sites (tertiary alicyclic amines) is 1. The van der Waals surface area contributed by atoms with E-state index in [0.29, 0.717) is 0 Å². The first-order valence-electron chi connectivity index (χ1n) is 4.64. The molecular weight excluding hydrogens is 202 g/mol. The molecule has 14 heavy (non-hydrogen) atoms. The topological polar surface area (TPSA) is 75.4 Å². The highest BCUT2D eigenvalue weighted by molar-refractivity contribution is 7.87. The summed E-state index contributed by atoms with van der Waals surface area (Å²) in [6.45, 7) is 6.30. The second kappa shape index (κ2) is 4.88. The number of rotatable bonds is 4. The van der Waals surface area contributed by atoms with Gasteiger partial charge in [0.2, 0.25) is 0 Å². The van der Waals surface area contributed by atoms with Gasteiger partial charge < -0.3 is 0 Å². The lowest BCUT2D eigenvalue weighted by Crippen LogP contribution is -2.46. The fourth-order valence-electron chi connectivity index (χ4n) is 1.65. The van der Waals surface area contributed by atoms with Crippen LogP contribution in [0.15, 0.2) is 12.7 Å². The Labute approximate surface area is 85.1 Å². The van der Waals surface area contributed by atoms with Gasteiger partial charge in [0.15, 0.2) is 0 Å². The molecule has 82 valence electrons. The van der Waals surface area contributed by atoms with Crippen molar-refractivity contribution in [2.75, 3.05) is 19.6 Å². The normalized spacial score (nSPS) is 20.9. The van der Waals surface area contributed by atoms with Crippen LogP contribution < -0.4 is 9.86 Å². The highest BCUT2D eigenvalue weighted by Crippen LogP contribution is 2.10. The maximum Gasteiger partial charge on any atom is 0.274 e. The van der Waals surface area contributed by atoms with Crippen LogP contribution in [0.25, 0.3) is 0 Å². The van der Waals surface area contributed by atoms with Gasteiger partial charge in [-0.25, -0.2) is 5.14 Å². The van der Waals surface area contributed by atoms with Gasteiger partial charge in [0.25, 0.3) is 10.2 Å². The standard InChI is InChI=1S/C8H17N3O2S/c1-2-5-11-6-3-8(4-7-11)10-14(9,12)13/h2,8,10H,1,3-7H2,(H2,9,12,13). The van der Waals surface area contributed by atoms with Gasteiger partial charge in [0.05, 0.1) is 0 Å². The van der Waals surface area contributed by atoms with Gasteiger partial charge in [-0.05, 0) is 25.9 Å². The molecule has 0 radical (unpaired) electrons. The van der Waals surface area contributed by atoms with Crippen LogP contribution in [-0.4, -0.2) is 39.0 Å². The molecule has 0 saturated carbocycles. The van der Waals surface area contributed by atoms with E-state index in [0.717, 1.165) is 32.5 Å². The molecule has 0 aromatic rings. The second-order valence-electron chi connectivity index (χ2n) is 3.53. The molecule has 1 rings (SSSR count). The second-order valence-corrected chi connectivity index (χ2v) is 4.85. The molecule has 0 unspecified atom stereocenters. The van der Waals surface area contributed by atoms with Gasteiger partial charge in [-0.3, -0.25) is 4.90 Å². The first-order chi connectivity index (χ1) is 6.51. The molecule has 1 saturated heterocycles. The molecule has 0 aromatic heterocycles. The van der Waals surface area contributed by atoms with E-state index in [-0.39, 0.29) is 6.04 Å². The molecule has 6 heteroatoms. The third-order valence-corrected chi connectivity index (χ3v) is 2.97. The van der Waals surface area contributed by atoms with E-state index in [9.17, 15) is 8.42 Å². The lowest BCUT2D eigenvalue weighted by molar-refractivity contribution is 0.226. The number of nitrogens with zero attached hydrogens (tertiary/aromatic N) is 1. The van der Waals surface area contributed by atoms with Crippen LogP contribution >= 0.6 is 0 Å². The van der Waals surface area contributed by atoms with Crippen LogP contribution in [-0.2, 0) is 10.2 Å². The van der Waals surface area contributed by atoms with Gasteiger partial charge in [-0.15, -0.1) is 6.58 Å². The summed E-state index contributed by atoms with van der Waals surface area (Å²) in [5.41, 5.74) is 0. The first-order valence-corrected chi connectivity index (χ1v) is 6.19. The summed E-state index contributed by atoms with van der Waals surface area (Å²) in [4.78, 5) is 2.23. The molecule has 0 aromatic carbocycles. The molecular formula is C8H17N3O2S. The van der Waals surface area contributed by atoms with E-state index in [2.05, 4.69) is 16.2 Å². The average molecular weight is 219 g/mol. The number of nitrogens with one attached hydrogen (secondary N) is 1. The van der Waals surface area contributed by atoms with Crippen molar-refractivity contribution >= 4 is 10.2 Å². The predicted molar refractivity (Wildman–Crippen MR) is 55.9 cm³/mol.